The van der Waals surface area contributed by atoms with Crippen molar-refractivity contribution < 1.29 is 14.0 Å². The SMILES string of the molecule is CCCc1nc(C)n(-c2ccc(O[C@H]3C[C@@H](C)O[C@@H](C)C3)cc2)c(=O)c1Cc1ccc(-c2ccccc2-c2noc(=O)[nH]2)cc1.[KH]. The molecule has 0 bridgehead atoms. The molecular formula is C36H39KN4O5. The molecule has 1 N–H and O–H groups in total. The molecule has 3 heterocycles. The monoisotopic (exact) mass is 646 g/mol. The quantitative estimate of drug-likeness (QED) is 0.202. The van der Waals surface area contributed by atoms with E-state index in [1.807, 2.05) is 79.7 Å². The van der Waals surface area contributed by atoms with Crippen molar-refractivity contribution in [2.24, 2.45) is 0 Å². The summed E-state index contributed by atoms with van der Waals surface area (Å²) in [6.07, 6.45) is 4.22. The second-order valence-corrected chi connectivity index (χ2v) is 11.8. The van der Waals surface area contributed by atoms with E-state index in [-0.39, 0.29) is 75.3 Å². The van der Waals surface area contributed by atoms with Crippen LogP contribution in [0.15, 0.2) is 86.9 Å². The van der Waals surface area contributed by atoms with Crippen molar-refractivity contribution in [1.82, 2.24) is 19.7 Å². The summed E-state index contributed by atoms with van der Waals surface area (Å²) in [5.74, 6) is 1.22. The van der Waals surface area contributed by atoms with Crippen molar-refractivity contribution in [3.05, 3.63) is 116 Å². The number of aromatic amines is 1. The molecule has 2 aromatic heterocycles. The van der Waals surface area contributed by atoms with Crippen LogP contribution in [0.4, 0.5) is 0 Å². The molecule has 1 aliphatic rings. The molecule has 9 nitrogen and oxygen atoms in total. The van der Waals surface area contributed by atoms with Gasteiger partial charge in [-0.15, -0.1) is 0 Å². The van der Waals surface area contributed by atoms with Gasteiger partial charge in [-0.3, -0.25) is 18.9 Å². The molecular weight excluding hydrogens is 608 g/mol. The number of ether oxygens (including phenoxy) is 2. The zero-order valence-corrected chi connectivity index (χ0v) is 26.1. The fourth-order valence-corrected chi connectivity index (χ4v) is 6.24. The van der Waals surface area contributed by atoms with Gasteiger partial charge in [-0.05, 0) is 68.1 Å². The van der Waals surface area contributed by atoms with Gasteiger partial charge in [0.2, 0.25) is 0 Å². The molecule has 0 unspecified atom stereocenters. The first-order valence-corrected chi connectivity index (χ1v) is 15.6. The van der Waals surface area contributed by atoms with Gasteiger partial charge < -0.3 is 9.47 Å². The van der Waals surface area contributed by atoms with Gasteiger partial charge in [0, 0.05) is 30.4 Å². The van der Waals surface area contributed by atoms with Gasteiger partial charge in [-0.2, -0.15) is 0 Å². The normalized spacial score (nSPS) is 17.8. The maximum absolute atomic E-state index is 14.1. The van der Waals surface area contributed by atoms with E-state index in [4.69, 9.17) is 19.0 Å². The third kappa shape index (κ3) is 7.70. The first kappa shape index (κ1) is 34.2. The van der Waals surface area contributed by atoms with Crippen molar-refractivity contribution in [1.29, 1.82) is 0 Å². The summed E-state index contributed by atoms with van der Waals surface area (Å²) in [6.45, 7) is 8.14. The van der Waals surface area contributed by atoms with Crippen LogP contribution in [0.1, 0.15) is 62.7 Å². The number of aromatic nitrogens is 4. The van der Waals surface area contributed by atoms with Gasteiger partial charge >= 0.3 is 57.1 Å². The Bertz CT molecular complexity index is 1890. The Kier molecular flexibility index (Phi) is 11.3. The van der Waals surface area contributed by atoms with Crippen LogP contribution in [0.3, 0.4) is 0 Å². The second kappa shape index (κ2) is 15.2. The summed E-state index contributed by atoms with van der Waals surface area (Å²) in [5, 5.41) is 3.86. The average molecular weight is 647 g/mol. The summed E-state index contributed by atoms with van der Waals surface area (Å²) in [5.41, 5.74) is 5.86. The van der Waals surface area contributed by atoms with Gasteiger partial charge in [0.05, 0.1) is 23.6 Å². The van der Waals surface area contributed by atoms with Gasteiger partial charge in [0.1, 0.15) is 17.7 Å². The number of nitrogens with one attached hydrogen (secondary N) is 1. The number of benzene rings is 3. The van der Waals surface area contributed by atoms with Crippen LogP contribution in [0.25, 0.3) is 28.2 Å². The first-order chi connectivity index (χ1) is 21.8. The van der Waals surface area contributed by atoms with Crippen molar-refractivity contribution in [2.75, 3.05) is 0 Å². The Morgan fingerprint density at radius 3 is 2.24 bits per heavy atom. The van der Waals surface area contributed by atoms with Crippen LogP contribution in [0.2, 0.25) is 0 Å². The van der Waals surface area contributed by atoms with E-state index in [0.717, 1.165) is 65.1 Å². The second-order valence-electron chi connectivity index (χ2n) is 11.8. The molecule has 1 saturated heterocycles. The van der Waals surface area contributed by atoms with Crippen molar-refractivity contribution in [3.8, 4) is 34.0 Å². The summed E-state index contributed by atoms with van der Waals surface area (Å²) in [7, 11) is 0. The molecule has 5 aromatic rings. The van der Waals surface area contributed by atoms with Crippen LogP contribution in [0.5, 0.6) is 5.75 Å². The third-order valence-electron chi connectivity index (χ3n) is 8.24. The zero-order chi connectivity index (χ0) is 31.5. The molecule has 0 amide bonds. The molecule has 3 atom stereocenters. The molecule has 234 valence electrons. The Balaban J connectivity index is 0.00000417. The van der Waals surface area contributed by atoms with E-state index >= 15 is 0 Å². The van der Waals surface area contributed by atoms with Crippen LogP contribution < -0.4 is 16.1 Å². The minimum atomic E-state index is -0.598. The predicted molar refractivity (Wildman–Crippen MR) is 180 cm³/mol. The first-order valence-electron chi connectivity index (χ1n) is 15.6. The Morgan fingerprint density at radius 1 is 0.935 bits per heavy atom. The number of H-pyrrole nitrogens is 1. The van der Waals surface area contributed by atoms with E-state index in [9.17, 15) is 9.59 Å². The Labute approximate surface area is 310 Å². The van der Waals surface area contributed by atoms with E-state index in [0.29, 0.717) is 23.6 Å². The van der Waals surface area contributed by atoms with E-state index in [2.05, 4.69) is 30.9 Å². The predicted octanol–water partition coefficient (Wildman–Crippen LogP) is 5.78. The Hall–Kier alpha value is -3.12. The van der Waals surface area contributed by atoms with Crippen molar-refractivity contribution in [3.63, 3.8) is 0 Å². The fourth-order valence-electron chi connectivity index (χ4n) is 6.24. The molecule has 46 heavy (non-hydrogen) atoms. The molecule has 3 aromatic carbocycles. The third-order valence-corrected chi connectivity index (χ3v) is 8.24. The minimum absolute atomic E-state index is 0. The number of nitrogens with zero attached hydrogens (tertiary/aromatic N) is 3. The standard InChI is InChI=1S/C36H38N4O5.K.H/c1-5-8-33-32(21-25-11-13-26(14-12-25)30-9-6-7-10-31(30)34-38-36(42)45-39-34)35(41)40(24(4)37-33)27-15-17-28(18-16-27)44-29-19-22(2)43-23(3)20-29;;/h6-7,9-18,22-23,29H,5,8,19-21H2,1-4H3,(H,38,39,42);;/t22-,23+,29+;;. The molecule has 0 saturated carbocycles. The summed E-state index contributed by atoms with van der Waals surface area (Å²) in [4.78, 5) is 33.2. The molecule has 0 spiro atoms. The molecule has 10 heteroatoms. The Morgan fingerprint density at radius 2 is 1.61 bits per heavy atom. The summed E-state index contributed by atoms with van der Waals surface area (Å²) < 4.78 is 18.5. The summed E-state index contributed by atoms with van der Waals surface area (Å²) >= 11 is 0. The van der Waals surface area contributed by atoms with E-state index < -0.39 is 5.76 Å². The van der Waals surface area contributed by atoms with Crippen molar-refractivity contribution >= 4 is 51.4 Å². The molecule has 1 aliphatic heterocycles. The number of rotatable bonds is 9. The van der Waals surface area contributed by atoms with Gasteiger partial charge in [-0.1, -0.05) is 67.0 Å². The van der Waals surface area contributed by atoms with E-state index in [1.165, 1.54) is 0 Å². The van der Waals surface area contributed by atoms with Crippen LogP contribution in [-0.4, -0.2) is 89.4 Å². The fraction of sp³-hybridized carbons (Fsp3) is 0.333. The average Bonchev–Trinajstić information content (AvgIpc) is 3.46. The van der Waals surface area contributed by atoms with E-state index in [1.54, 1.807) is 4.57 Å². The maximum atomic E-state index is 14.1. The number of aryl methyl sites for hydroxylation is 2. The molecule has 6 rings (SSSR count). The van der Waals surface area contributed by atoms with Crippen LogP contribution >= 0.6 is 0 Å². The van der Waals surface area contributed by atoms with Gasteiger partial charge in [-0.25, -0.2) is 9.78 Å². The van der Waals surface area contributed by atoms with Crippen molar-refractivity contribution in [2.45, 2.75) is 78.1 Å². The summed E-state index contributed by atoms with van der Waals surface area (Å²) in [6, 6.07) is 23.5. The number of hydrogen-bond acceptors (Lipinski definition) is 7. The molecule has 1 fully saturated rings. The zero-order valence-electron chi connectivity index (χ0n) is 26.1. The van der Waals surface area contributed by atoms with Crippen LogP contribution in [0, 0.1) is 6.92 Å². The van der Waals surface area contributed by atoms with Crippen LogP contribution in [-0.2, 0) is 17.6 Å². The topological polar surface area (TPSA) is 112 Å². The van der Waals surface area contributed by atoms with Gasteiger partial charge in [0.25, 0.3) is 5.56 Å². The molecule has 0 aliphatic carbocycles. The molecule has 0 radical (unpaired) electrons. The number of hydrogen-bond donors (Lipinski definition) is 1. The van der Waals surface area contributed by atoms with Gasteiger partial charge in [0.15, 0.2) is 5.82 Å².